The van der Waals surface area contributed by atoms with Gasteiger partial charge in [-0.1, -0.05) is 25.3 Å². The molecule has 8 rings (SSSR count). The van der Waals surface area contributed by atoms with Crippen LogP contribution in [0, 0.1) is 0 Å². The quantitative estimate of drug-likeness (QED) is 0.130. The van der Waals surface area contributed by atoms with E-state index in [4.69, 9.17) is 4.74 Å². The van der Waals surface area contributed by atoms with Gasteiger partial charge >= 0.3 is 0 Å². The van der Waals surface area contributed by atoms with Crippen molar-refractivity contribution in [1.82, 2.24) is 35.4 Å². The number of nitrogens with one attached hydrogen (secondary N) is 6. The van der Waals surface area contributed by atoms with Gasteiger partial charge in [0, 0.05) is 64.5 Å². The Kier molecular flexibility index (Phi) is 10.1. The first-order valence-electron chi connectivity index (χ1n) is 17.0. The van der Waals surface area contributed by atoms with Crippen LogP contribution < -0.4 is 31.9 Å². The van der Waals surface area contributed by atoms with E-state index >= 15 is 0 Å². The predicted molar refractivity (Wildman–Crippen MR) is 202 cm³/mol. The molecule has 3 aromatic heterocycles. The van der Waals surface area contributed by atoms with E-state index < -0.39 is 0 Å². The van der Waals surface area contributed by atoms with Crippen LogP contribution in [0.25, 0.3) is 21.8 Å². The molecule has 2 unspecified atom stereocenters. The van der Waals surface area contributed by atoms with E-state index in [2.05, 4.69) is 50.0 Å². The molecule has 1 fully saturated rings. The van der Waals surface area contributed by atoms with Crippen LogP contribution in [0.3, 0.4) is 0 Å². The number of anilines is 2. The molecule has 16 nitrogen and oxygen atoms in total. The number of thiazole rings is 1. The molecule has 0 aliphatic carbocycles. The molecule has 6 heterocycles. The van der Waals surface area contributed by atoms with Crippen LogP contribution in [-0.4, -0.2) is 87.9 Å². The van der Waals surface area contributed by atoms with Crippen LogP contribution in [0.2, 0.25) is 0 Å². The highest BCUT2D eigenvalue weighted by atomic mass is 32.1. The van der Waals surface area contributed by atoms with Crippen LogP contribution in [0.15, 0.2) is 79.2 Å². The van der Waals surface area contributed by atoms with Crippen LogP contribution in [0.5, 0.6) is 0 Å². The third kappa shape index (κ3) is 7.35. The maximum atomic E-state index is 12.7. The van der Waals surface area contributed by atoms with Crippen molar-refractivity contribution in [3.05, 3.63) is 102 Å². The molecule has 2 aromatic carbocycles. The second-order valence-corrected chi connectivity index (χ2v) is 13.4. The minimum absolute atomic E-state index is 0.104. The number of rotatable bonds is 8. The Balaban J connectivity index is 0.000000167. The highest BCUT2D eigenvalue weighted by Crippen LogP contribution is 2.26. The Morgan fingerprint density at radius 3 is 1.89 bits per heavy atom. The van der Waals surface area contributed by atoms with Gasteiger partial charge in [-0.05, 0) is 48.6 Å². The van der Waals surface area contributed by atoms with Crippen LogP contribution >= 0.6 is 11.3 Å². The van der Waals surface area contributed by atoms with E-state index in [9.17, 15) is 28.8 Å². The van der Waals surface area contributed by atoms with E-state index in [1.54, 1.807) is 29.6 Å². The van der Waals surface area contributed by atoms with E-state index in [1.807, 2.05) is 33.4 Å². The topological polar surface area (TPSA) is 207 Å². The molecule has 0 saturated carbocycles. The summed E-state index contributed by atoms with van der Waals surface area (Å²) in [6, 6.07) is 13.7. The molecule has 0 bridgehead atoms. The monoisotopic (exact) mass is 749 g/mol. The lowest BCUT2D eigenvalue weighted by molar-refractivity contribution is -0.117. The Morgan fingerprint density at radius 1 is 0.759 bits per heavy atom. The summed E-state index contributed by atoms with van der Waals surface area (Å²) >= 11 is 1.20. The number of benzene rings is 2. The molecule has 5 aromatic rings. The molecule has 276 valence electrons. The Labute approximate surface area is 311 Å². The molecular weight excluding hydrogens is 715 g/mol. The average molecular weight is 750 g/mol. The number of hydrogen-bond acceptors (Lipinski definition) is 9. The number of nitrogens with zero attached hydrogens (tertiary/aromatic N) is 3. The molecule has 6 amide bonds. The number of amides is 6. The molecule has 54 heavy (non-hydrogen) atoms. The lowest BCUT2D eigenvalue weighted by atomic mass is 10.1. The Bertz CT molecular complexity index is 2370. The highest BCUT2D eigenvalue weighted by molar-refractivity contribution is 7.14. The van der Waals surface area contributed by atoms with Crippen molar-refractivity contribution in [2.45, 2.75) is 25.2 Å². The molecule has 2 atom stereocenters. The molecule has 0 radical (unpaired) electrons. The van der Waals surface area contributed by atoms with E-state index in [-0.39, 0.29) is 47.5 Å². The SMILES string of the molecule is C=CC(=O)NC1COCC1NC(=O)c1ccc2cc3n(c2c1)CCNC3=O.C=CC(=O)Nc1csc(NC(=O)c2ccc3cc4n(c3c2)CCNC4=O)n1. The summed E-state index contributed by atoms with van der Waals surface area (Å²) in [5.74, 6) is -1.10. The van der Waals surface area contributed by atoms with Gasteiger partial charge in [-0.15, -0.1) is 11.3 Å². The van der Waals surface area contributed by atoms with Gasteiger partial charge < -0.3 is 40.5 Å². The normalized spacial score (nSPS) is 17.2. The first-order valence-corrected chi connectivity index (χ1v) is 17.8. The van der Waals surface area contributed by atoms with Gasteiger partial charge in [-0.2, -0.15) is 0 Å². The molecule has 3 aliphatic rings. The van der Waals surface area contributed by atoms with E-state index in [0.717, 1.165) is 27.9 Å². The van der Waals surface area contributed by atoms with Crippen molar-refractivity contribution in [2.75, 3.05) is 36.9 Å². The second-order valence-electron chi connectivity index (χ2n) is 12.5. The molecule has 17 heteroatoms. The molecule has 6 N–H and O–H groups in total. The largest absolute Gasteiger partial charge is 0.377 e. The fourth-order valence-corrected chi connectivity index (χ4v) is 7.10. The van der Waals surface area contributed by atoms with Gasteiger partial charge in [0.05, 0.1) is 25.3 Å². The average Bonchev–Trinajstić information content (AvgIpc) is 3.98. The summed E-state index contributed by atoms with van der Waals surface area (Å²) in [7, 11) is 0. The zero-order valence-corrected chi connectivity index (χ0v) is 29.6. The predicted octanol–water partition coefficient (Wildman–Crippen LogP) is 2.40. The van der Waals surface area contributed by atoms with Crippen molar-refractivity contribution in [1.29, 1.82) is 0 Å². The van der Waals surface area contributed by atoms with Crippen molar-refractivity contribution in [3.8, 4) is 0 Å². The second kappa shape index (κ2) is 15.2. The number of carbonyl (C=O) groups excluding carboxylic acids is 6. The van der Waals surface area contributed by atoms with Crippen molar-refractivity contribution < 1.29 is 33.5 Å². The molecular formula is C37H35N9O7S. The van der Waals surface area contributed by atoms with Crippen molar-refractivity contribution >= 4 is 79.5 Å². The fraction of sp³-hybridized carbons (Fsp3) is 0.216. The first-order chi connectivity index (χ1) is 26.1. The maximum Gasteiger partial charge on any atom is 0.268 e. The van der Waals surface area contributed by atoms with Crippen molar-refractivity contribution in [3.63, 3.8) is 0 Å². The third-order valence-electron chi connectivity index (χ3n) is 9.11. The summed E-state index contributed by atoms with van der Waals surface area (Å²) in [5.41, 5.74) is 3.84. The van der Waals surface area contributed by atoms with Crippen LogP contribution in [-0.2, 0) is 27.4 Å². The van der Waals surface area contributed by atoms with Gasteiger partial charge in [-0.25, -0.2) is 4.98 Å². The summed E-state index contributed by atoms with van der Waals surface area (Å²) in [5, 5.41) is 20.4. The number of hydrogen-bond donors (Lipinski definition) is 6. The van der Waals surface area contributed by atoms with Gasteiger partial charge in [0.25, 0.3) is 23.6 Å². The van der Waals surface area contributed by atoms with Gasteiger partial charge in [-0.3, -0.25) is 34.1 Å². The Morgan fingerprint density at radius 2 is 1.31 bits per heavy atom. The van der Waals surface area contributed by atoms with Crippen molar-refractivity contribution in [2.24, 2.45) is 0 Å². The zero-order valence-electron chi connectivity index (χ0n) is 28.8. The molecule has 3 aliphatic heterocycles. The molecule has 1 saturated heterocycles. The zero-order chi connectivity index (χ0) is 37.9. The number of ether oxygens (including phenoxy) is 1. The molecule has 0 spiro atoms. The fourth-order valence-electron chi connectivity index (χ4n) is 6.46. The van der Waals surface area contributed by atoms with Crippen LogP contribution in [0.1, 0.15) is 41.7 Å². The standard InChI is InChI=1S/C19H20N4O4.C18H15N5O3S/c1-2-17(24)21-13-9-27-10-14(13)22-18(25)12-4-3-11-7-16-19(26)20-5-6-23(16)15(11)8-12;1-2-15(24)20-14-9-27-18(21-14)22-16(25)11-4-3-10-7-13-17(26)19-5-6-23(13)12(10)8-11/h2-4,7-8,13-14H,1,5-6,9-10H2,(H,20,26)(H,21,24)(H,22,25);2-4,7-9H,1,5-6H2,(H,19,26)(H,20,24)(H,21,22,25). The van der Waals surface area contributed by atoms with E-state index in [1.165, 1.54) is 17.4 Å². The third-order valence-corrected chi connectivity index (χ3v) is 9.87. The van der Waals surface area contributed by atoms with Gasteiger partial charge in [0.1, 0.15) is 17.2 Å². The highest BCUT2D eigenvalue weighted by Gasteiger charge is 2.31. The van der Waals surface area contributed by atoms with Crippen LogP contribution in [0.4, 0.5) is 10.9 Å². The number of fused-ring (bicyclic) bond motifs is 6. The number of carbonyl (C=O) groups is 6. The summed E-state index contributed by atoms with van der Waals surface area (Å²) in [4.78, 5) is 76.2. The summed E-state index contributed by atoms with van der Waals surface area (Å²) in [6.45, 7) is 9.93. The summed E-state index contributed by atoms with van der Waals surface area (Å²) < 4.78 is 9.22. The smallest absolute Gasteiger partial charge is 0.268 e. The maximum absolute atomic E-state index is 12.7. The lowest BCUT2D eigenvalue weighted by Crippen LogP contribution is -2.50. The minimum atomic E-state index is -0.370. The Hall–Kier alpha value is -6.59. The van der Waals surface area contributed by atoms with Gasteiger partial charge in [0.2, 0.25) is 11.8 Å². The summed E-state index contributed by atoms with van der Waals surface area (Å²) in [6.07, 6.45) is 2.34. The minimum Gasteiger partial charge on any atom is -0.377 e. The first kappa shape index (κ1) is 35.8. The number of aromatic nitrogens is 3. The van der Waals surface area contributed by atoms with Gasteiger partial charge in [0.15, 0.2) is 5.13 Å². The lowest BCUT2D eigenvalue weighted by Gasteiger charge is -2.20. The van der Waals surface area contributed by atoms with E-state index in [0.29, 0.717) is 72.9 Å².